The fraction of sp³-hybridized carbons (Fsp3) is 0.300. The molecule has 0 spiro atoms. The summed E-state index contributed by atoms with van der Waals surface area (Å²) in [5, 5.41) is 19.2. The highest BCUT2D eigenvalue weighted by molar-refractivity contribution is 5.81. The molecule has 0 radical (unpaired) electrons. The van der Waals surface area contributed by atoms with E-state index in [-0.39, 0.29) is 12.1 Å². The minimum atomic E-state index is -6.34. The Morgan fingerprint density at radius 2 is 0.806 bits per heavy atom. The Balaban J connectivity index is 2.76. The lowest BCUT2D eigenvalue weighted by Gasteiger charge is -2.34. The third kappa shape index (κ3) is 4.42. The minimum absolute atomic E-state index is 0.0778. The van der Waals surface area contributed by atoms with Crippen LogP contribution >= 0.6 is 0 Å². The average Bonchev–Trinajstić information content (AvgIpc) is 2.69. The molecule has 36 heavy (non-hydrogen) atoms. The van der Waals surface area contributed by atoms with Gasteiger partial charge in [-0.1, -0.05) is 18.7 Å². The number of halogens is 12. The van der Waals surface area contributed by atoms with Crippen LogP contribution in [0.3, 0.4) is 0 Å². The van der Waals surface area contributed by atoms with Crippen LogP contribution in [0.1, 0.15) is 22.3 Å². The Morgan fingerprint density at radius 1 is 0.556 bits per heavy atom. The molecular formula is C20H14F12N2O2. The zero-order valence-electron chi connectivity index (χ0n) is 17.3. The second-order valence-corrected chi connectivity index (χ2v) is 7.49. The van der Waals surface area contributed by atoms with Gasteiger partial charge in [0.05, 0.1) is 0 Å². The van der Waals surface area contributed by atoms with E-state index in [1.165, 1.54) is 0 Å². The van der Waals surface area contributed by atoms with E-state index in [1.54, 1.807) is 0 Å². The molecule has 0 aliphatic rings. The Hall–Kier alpha value is -3.14. The van der Waals surface area contributed by atoms with Crippen molar-refractivity contribution in [2.75, 3.05) is 11.5 Å². The largest absolute Gasteiger partial charge is 0.430 e. The zero-order valence-corrected chi connectivity index (χ0v) is 17.3. The third-order valence-electron chi connectivity index (χ3n) is 5.22. The van der Waals surface area contributed by atoms with E-state index in [4.69, 9.17) is 11.5 Å². The third-order valence-corrected chi connectivity index (χ3v) is 5.22. The summed E-state index contributed by atoms with van der Waals surface area (Å²) >= 11 is 0. The molecule has 2 rings (SSSR count). The van der Waals surface area contributed by atoms with Gasteiger partial charge in [0.15, 0.2) is 0 Å². The van der Waals surface area contributed by atoms with Crippen molar-refractivity contribution < 1.29 is 62.9 Å². The Bertz CT molecular complexity index is 1050. The van der Waals surface area contributed by atoms with Gasteiger partial charge in [0.2, 0.25) is 0 Å². The van der Waals surface area contributed by atoms with Crippen molar-refractivity contribution in [2.45, 2.75) is 35.9 Å². The minimum Gasteiger partial charge on any atom is -0.398 e. The number of anilines is 2. The van der Waals surface area contributed by atoms with E-state index in [2.05, 4.69) is 6.58 Å². The van der Waals surface area contributed by atoms with Gasteiger partial charge in [-0.2, -0.15) is 52.7 Å². The first-order valence-corrected chi connectivity index (χ1v) is 9.12. The Labute approximate surface area is 193 Å². The molecule has 0 aliphatic heterocycles. The highest BCUT2D eigenvalue weighted by atomic mass is 19.4. The highest BCUT2D eigenvalue weighted by Crippen LogP contribution is 2.53. The van der Waals surface area contributed by atoms with Crippen LogP contribution in [0.5, 0.6) is 0 Å². The van der Waals surface area contributed by atoms with Gasteiger partial charge in [-0.25, -0.2) is 0 Å². The van der Waals surface area contributed by atoms with E-state index >= 15 is 0 Å². The standard InChI is InChI=1S/C20H14F12N2O2/c1-8(9-2-4-13(33)11(6-9)15(35,17(21,22)23)18(24,25)26)10-3-5-14(34)12(7-10)16(36,19(27,28)29)20(30,31)32/h2-7,35-36H,1,33-34H2. The summed E-state index contributed by atoms with van der Waals surface area (Å²) in [5.41, 5.74) is -8.86. The fourth-order valence-electron chi connectivity index (χ4n) is 3.21. The van der Waals surface area contributed by atoms with Crippen molar-refractivity contribution in [2.24, 2.45) is 0 Å². The molecule has 0 saturated carbocycles. The van der Waals surface area contributed by atoms with Crippen molar-refractivity contribution in [3.63, 3.8) is 0 Å². The van der Waals surface area contributed by atoms with E-state index < -0.39 is 75.1 Å². The number of nitrogens with two attached hydrogens (primary N) is 2. The lowest BCUT2D eigenvalue weighted by Crippen LogP contribution is -2.54. The van der Waals surface area contributed by atoms with Crippen LogP contribution < -0.4 is 11.5 Å². The van der Waals surface area contributed by atoms with Crippen LogP contribution in [0.15, 0.2) is 43.0 Å². The highest BCUT2D eigenvalue weighted by Gasteiger charge is 2.73. The quantitative estimate of drug-likeness (QED) is 0.302. The summed E-state index contributed by atoms with van der Waals surface area (Å²) < 4.78 is 159. The normalized spacial score (nSPS) is 14.2. The molecule has 0 atom stereocenters. The first-order valence-electron chi connectivity index (χ1n) is 9.12. The lowest BCUT2D eigenvalue weighted by atomic mass is 9.85. The number of benzene rings is 2. The van der Waals surface area contributed by atoms with Crippen molar-refractivity contribution in [1.29, 1.82) is 0 Å². The van der Waals surface area contributed by atoms with Crippen LogP contribution in [0.2, 0.25) is 0 Å². The topological polar surface area (TPSA) is 92.5 Å². The van der Waals surface area contributed by atoms with Crippen LogP contribution in [-0.2, 0) is 11.2 Å². The number of rotatable bonds is 4. The number of hydrogen-bond acceptors (Lipinski definition) is 4. The maximum absolute atomic E-state index is 13.3. The second-order valence-electron chi connectivity index (χ2n) is 7.49. The molecule has 0 saturated heterocycles. The summed E-state index contributed by atoms with van der Waals surface area (Å²) in [7, 11) is 0. The first-order chi connectivity index (χ1) is 15.9. The molecule has 0 aromatic heterocycles. The summed E-state index contributed by atoms with van der Waals surface area (Å²) in [4.78, 5) is 0. The van der Waals surface area contributed by atoms with E-state index in [0.717, 1.165) is 12.1 Å². The molecule has 200 valence electrons. The van der Waals surface area contributed by atoms with Crippen LogP contribution in [0.25, 0.3) is 5.57 Å². The van der Waals surface area contributed by atoms with Gasteiger partial charge >= 0.3 is 24.7 Å². The van der Waals surface area contributed by atoms with Gasteiger partial charge in [0.1, 0.15) is 0 Å². The van der Waals surface area contributed by atoms with Crippen LogP contribution in [0.4, 0.5) is 64.1 Å². The Morgan fingerprint density at radius 3 is 1.03 bits per heavy atom. The smallest absolute Gasteiger partial charge is 0.398 e. The first kappa shape index (κ1) is 29.1. The Kier molecular flexibility index (Phi) is 6.84. The van der Waals surface area contributed by atoms with Gasteiger partial charge in [-0.3, -0.25) is 0 Å². The fourth-order valence-corrected chi connectivity index (χ4v) is 3.21. The predicted molar refractivity (Wildman–Crippen MR) is 102 cm³/mol. The molecule has 2 aromatic rings. The summed E-state index contributed by atoms with van der Waals surface area (Å²) in [6, 6.07) is 2.63. The van der Waals surface area contributed by atoms with Crippen molar-refractivity contribution in [3.05, 3.63) is 65.2 Å². The monoisotopic (exact) mass is 542 g/mol. The number of hydrogen-bond donors (Lipinski definition) is 4. The number of alkyl halides is 12. The van der Waals surface area contributed by atoms with Crippen molar-refractivity contribution in [1.82, 2.24) is 0 Å². The van der Waals surface area contributed by atoms with Gasteiger partial charge < -0.3 is 21.7 Å². The zero-order chi connectivity index (χ0) is 28.3. The van der Waals surface area contributed by atoms with E-state index in [9.17, 15) is 62.9 Å². The molecule has 6 N–H and O–H groups in total. The molecular weight excluding hydrogens is 528 g/mol. The molecule has 16 heteroatoms. The van der Waals surface area contributed by atoms with E-state index in [0.29, 0.717) is 12.1 Å². The van der Waals surface area contributed by atoms with E-state index in [1.807, 2.05) is 0 Å². The van der Waals surface area contributed by atoms with Gasteiger partial charge in [0, 0.05) is 22.5 Å². The maximum atomic E-state index is 13.3. The van der Waals surface area contributed by atoms with Crippen molar-refractivity contribution >= 4 is 16.9 Å². The second kappa shape index (κ2) is 8.47. The maximum Gasteiger partial charge on any atom is 0.430 e. The lowest BCUT2D eigenvalue weighted by molar-refractivity contribution is -0.376. The van der Waals surface area contributed by atoms with Crippen molar-refractivity contribution in [3.8, 4) is 0 Å². The SMILES string of the molecule is C=C(c1ccc(N)c(C(O)(C(F)(F)F)C(F)(F)F)c1)c1ccc(N)c(C(O)(C(F)(F)F)C(F)(F)F)c1. The molecule has 0 bridgehead atoms. The molecule has 0 amide bonds. The molecule has 4 nitrogen and oxygen atoms in total. The summed E-state index contributed by atoms with van der Waals surface area (Å²) in [5.74, 6) is 0. The average molecular weight is 542 g/mol. The molecule has 2 aromatic carbocycles. The molecule has 0 fully saturated rings. The van der Waals surface area contributed by atoms with Crippen LogP contribution in [0, 0.1) is 0 Å². The molecule has 0 heterocycles. The molecule has 0 unspecified atom stereocenters. The summed E-state index contributed by atoms with van der Waals surface area (Å²) in [6.45, 7) is 3.28. The van der Waals surface area contributed by atoms with Gasteiger partial charge in [-0.15, -0.1) is 0 Å². The van der Waals surface area contributed by atoms with Gasteiger partial charge in [0.25, 0.3) is 11.2 Å². The molecule has 0 aliphatic carbocycles. The summed E-state index contributed by atoms with van der Waals surface area (Å²) in [6.07, 6.45) is -25.4. The van der Waals surface area contributed by atoms with Crippen LogP contribution in [-0.4, -0.2) is 34.9 Å². The predicted octanol–water partition coefficient (Wildman–Crippen LogP) is 5.54. The number of nitrogen functional groups attached to an aromatic ring is 2. The number of aliphatic hydroxyl groups is 2. The van der Waals surface area contributed by atoms with Gasteiger partial charge in [-0.05, 0) is 41.0 Å².